The van der Waals surface area contributed by atoms with Crippen molar-refractivity contribution in [3.05, 3.63) is 48.3 Å². The van der Waals surface area contributed by atoms with Gasteiger partial charge < -0.3 is 10.1 Å². The van der Waals surface area contributed by atoms with Crippen LogP contribution in [0.2, 0.25) is 0 Å². The quantitative estimate of drug-likeness (QED) is 0.640. The Bertz CT molecular complexity index is 515. The lowest BCUT2D eigenvalue weighted by Gasteiger charge is -2.11. The lowest BCUT2D eigenvalue weighted by Crippen LogP contribution is -2.08. The molecule has 0 aromatic heterocycles. The second kappa shape index (κ2) is 10.00. The summed E-state index contributed by atoms with van der Waals surface area (Å²) in [5.41, 5.74) is 2.29. The van der Waals surface area contributed by atoms with Crippen molar-refractivity contribution in [3.63, 3.8) is 0 Å². The molecule has 0 unspecified atom stereocenters. The first-order chi connectivity index (χ1) is 9.76. The van der Waals surface area contributed by atoms with E-state index in [9.17, 15) is 9.18 Å². The summed E-state index contributed by atoms with van der Waals surface area (Å²) in [4.78, 5) is 10.9. The van der Waals surface area contributed by atoms with Crippen molar-refractivity contribution in [2.75, 3.05) is 17.8 Å². The number of nitrogens with one attached hydrogen (secondary N) is 1. The van der Waals surface area contributed by atoms with Gasteiger partial charge in [0.2, 0.25) is 5.91 Å². The molecule has 0 atom stereocenters. The second-order valence-electron chi connectivity index (χ2n) is 4.66. The Labute approximate surface area is 130 Å². The van der Waals surface area contributed by atoms with Crippen molar-refractivity contribution in [1.82, 2.24) is 0 Å². The van der Waals surface area contributed by atoms with Gasteiger partial charge in [0.05, 0.1) is 5.69 Å². The molecule has 0 aliphatic carbocycles. The summed E-state index contributed by atoms with van der Waals surface area (Å²) < 4.78 is 18.3. The lowest BCUT2D eigenvalue weighted by molar-refractivity contribution is -0.114. The van der Waals surface area contributed by atoms with E-state index in [0.29, 0.717) is 17.3 Å². The van der Waals surface area contributed by atoms with Gasteiger partial charge in [0, 0.05) is 18.9 Å². The number of rotatable bonds is 5. The summed E-state index contributed by atoms with van der Waals surface area (Å²) in [6.07, 6.45) is 0. The van der Waals surface area contributed by atoms with Gasteiger partial charge in [0.25, 0.3) is 0 Å². The standard InChI is InChI=1S/C12H14FNO2.C4H7Cl/c1-8(2)7-16-12-6-10(13)4-5-11(12)14-9(3)15;1-4(2)3-5/h4-6H,1,7H2,2-3H3,(H,14,15);1,3H2,2H3. The van der Waals surface area contributed by atoms with Gasteiger partial charge in [-0.3, -0.25) is 4.79 Å². The van der Waals surface area contributed by atoms with Crippen molar-refractivity contribution in [2.45, 2.75) is 20.8 Å². The molecule has 0 aliphatic rings. The topological polar surface area (TPSA) is 38.3 Å². The number of amides is 1. The van der Waals surface area contributed by atoms with E-state index in [0.717, 1.165) is 11.1 Å². The lowest BCUT2D eigenvalue weighted by atomic mass is 10.2. The Hall–Kier alpha value is -1.81. The molecule has 5 heteroatoms. The van der Waals surface area contributed by atoms with Crippen molar-refractivity contribution >= 4 is 23.2 Å². The number of anilines is 1. The van der Waals surface area contributed by atoms with Crippen LogP contribution >= 0.6 is 11.6 Å². The third-order valence-electron chi connectivity index (χ3n) is 1.96. The number of hydrogen-bond acceptors (Lipinski definition) is 2. The number of carbonyl (C=O) groups excluding carboxylic acids is 1. The van der Waals surface area contributed by atoms with E-state index in [1.54, 1.807) is 6.92 Å². The minimum atomic E-state index is -0.411. The zero-order chi connectivity index (χ0) is 16.4. The van der Waals surface area contributed by atoms with Crippen LogP contribution in [0.25, 0.3) is 0 Å². The maximum absolute atomic E-state index is 13.0. The van der Waals surface area contributed by atoms with Gasteiger partial charge in [-0.05, 0) is 31.6 Å². The molecule has 1 N–H and O–H groups in total. The van der Waals surface area contributed by atoms with Crippen LogP contribution in [0, 0.1) is 5.82 Å². The van der Waals surface area contributed by atoms with E-state index < -0.39 is 5.82 Å². The van der Waals surface area contributed by atoms with Gasteiger partial charge >= 0.3 is 0 Å². The largest absolute Gasteiger partial charge is 0.487 e. The normalized spacial score (nSPS) is 9.19. The van der Waals surface area contributed by atoms with Crippen molar-refractivity contribution in [2.24, 2.45) is 0 Å². The molecule has 1 rings (SSSR count). The Kier molecular flexibility index (Phi) is 9.13. The fraction of sp³-hybridized carbons (Fsp3) is 0.312. The molecular weight excluding hydrogens is 293 g/mol. The maximum atomic E-state index is 13.0. The van der Waals surface area contributed by atoms with Crippen LogP contribution in [-0.2, 0) is 4.79 Å². The molecule has 0 saturated carbocycles. The third-order valence-corrected chi connectivity index (χ3v) is 2.41. The molecule has 0 bridgehead atoms. The third kappa shape index (κ3) is 9.68. The number of ether oxygens (including phenoxy) is 1. The van der Waals surface area contributed by atoms with Crippen molar-refractivity contribution in [3.8, 4) is 5.75 Å². The fourth-order valence-corrected chi connectivity index (χ4v) is 1.11. The van der Waals surface area contributed by atoms with Gasteiger partial charge in [0.15, 0.2) is 0 Å². The van der Waals surface area contributed by atoms with Crippen LogP contribution in [-0.4, -0.2) is 18.4 Å². The molecule has 0 aliphatic heterocycles. The smallest absolute Gasteiger partial charge is 0.221 e. The maximum Gasteiger partial charge on any atom is 0.221 e. The summed E-state index contributed by atoms with van der Waals surface area (Å²) in [6, 6.07) is 3.96. The average Bonchev–Trinajstić information content (AvgIpc) is 2.39. The summed E-state index contributed by atoms with van der Waals surface area (Å²) in [6.45, 7) is 12.6. The number of carbonyl (C=O) groups is 1. The minimum absolute atomic E-state index is 0.230. The highest BCUT2D eigenvalue weighted by atomic mass is 35.5. The second-order valence-corrected chi connectivity index (χ2v) is 4.93. The summed E-state index contributed by atoms with van der Waals surface area (Å²) in [7, 11) is 0. The molecule has 0 fully saturated rings. The SMILES string of the molecule is C=C(C)CCl.C=C(C)COc1cc(F)ccc1NC(C)=O. The highest BCUT2D eigenvalue weighted by Crippen LogP contribution is 2.25. The Morgan fingerprint density at radius 2 is 1.86 bits per heavy atom. The van der Waals surface area contributed by atoms with Crippen LogP contribution in [0.1, 0.15) is 20.8 Å². The highest BCUT2D eigenvalue weighted by Gasteiger charge is 2.06. The number of hydrogen-bond donors (Lipinski definition) is 1. The Morgan fingerprint density at radius 3 is 2.29 bits per heavy atom. The zero-order valence-corrected chi connectivity index (χ0v) is 13.4. The predicted molar refractivity (Wildman–Crippen MR) is 86.5 cm³/mol. The highest BCUT2D eigenvalue weighted by molar-refractivity contribution is 6.19. The molecule has 0 saturated heterocycles. The van der Waals surface area contributed by atoms with Gasteiger partial charge in [-0.1, -0.05) is 18.7 Å². The van der Waals surface area contributed by atoms with Crippen molar-refractivity contribution in [1.29, 1.82) is 0 Å². The minimum Gasteiger partial charge on any atom is -0.487 e. The molecule has 21 heavy (non-hydrogen) atoms. The Balaban J connectivity index is 0.000000690. The van der Waals surface area contributed by atoms with Gasteiger partial charge in [0.1, 0.15) is 18.2 Å². The van der Waals surface area contributed by atoms with Crippen LogP contribution < -0.4 is 10.1 Å². The van der Waals surface area contributed by atoms with Gasteiger partial charge in [-0.2, -0.15) is 0 Å². The first-order valence-corrected chi connectivity index (χ1v) is 6.84. The summed E-state index contributed by atoms with van der Waals surface area (Å²) >= 11 is 5.24. The monoisotopic (exact) mass is 313 g/mol. The Morgan fingerprint density at radius 1 is 1.29 bits per heavy atom. The van der Waals surface area contributed by atoms with Crippen LogP contribution in [0.3, 0.4) is 0 Å². The molecule has 1 aromatic carbocycles. The molecule has 1 aromatic rings. The average molecular weight is 314 g/mol. The zero-order valence-electron chi connectivity index (χ0n) is 12.6. The van der Waals surface area contributed by atoms with E-state index in [1.165, 1.54) is 25.1 Å². The van der Waals surface area contributed by atoms with E-state index in [1.807, 2.05) is 6.92 Å². The van der Waals surface area contributed by atoms with E-state index in [2.05, 4.69) is 18.5 Å². The van der Waals surface area contributed by atoms with Gasteiger partial charge in [-0.15, -0.1) is 11.6 Å². The van der Waals surface area contributed by atoms with E-state index >= 15 is 0 Å². The van der Waals surface area contributed by atoms with Crippen LogP contribution in [0.15, 0.2) is 42.5 Å². The number of allylic oxidation sites excluding steroid dienone is 1. The first-order valence-electron chi connectivity index (χ1n) is 6.31. The van der Waals surface area contributed by atoms with Crippen LogP contribution in [0.5, 0.6) is 5.75 Å². The number of benzene rings is 1. The van der Waals surface area contributed by atoms with Gasteiger partial charge in [-0.25, -0.2) is 4.39 Å². The van der Waals surface area contributed by atoms with E-state index in [-0.39, 0.29) is 12.5 Å². The number of alkyl halides is 1. The molecule has 1 amide bonds. The molecular formula is C16H21ClFNO2. The predicted octanol–water partition coefficient (Wildman–Crippen LogP) is 4.54. The first kappa shape index (κ1) is 19.2. The molecule has 3 nitrogen and oxygen atoms in total. The summed E-state index contributed by atoms with van der Waals surface area (Å²) in [5.74, 6) is 0.246. The van der Waals surface area contributed by atoms with Crippen molar-refractivity contribution < 1.29 is 13.9 Å². The summed E-state index contributed by atoms with van der Waals surface area (Å²) in [5, 5.41) is 2.56. The molecule has 0 radical (unpaired) electrons. The molecule has 116 valence electrons. The molecule has 0 spiro atoms. The van der Waals surface area contributed by atoms with Crippen LogP contribution in [0.4, 0.5) is 10.1 Å². The number of halogens is 2. The molecule has 0 heterocycles. The van der Waals surface area contributed by atoms with E-state index in [4.69, 9.17) is 16.3 Å². The fourth-order valence-electron chi connectivity index (χ4n) is 1.11.